The summed E-state index contributed by atoms with van der Waals surface area (Å²) >= 11 is 1.20. The van der Waals surface area contributed by atoms with Crippen molar-refractivity contribution < 1.29 is 4.79 Å². The van der Waals surface area contributed by atoms with Gasteiger partial charge in [-0.2, -0.15) is 0 Å². The van der Waals surface area contributed by atoms with Gasteiger partial charge in [0.1, 0.15) is 5.00 Å². The fraction of sp³-hybridized carbons (Fsp3) is 0.667. The second kappa shape index (κ2) is 5.06. The van der Waals surface area contributed by atoms with Crippen LogP contribution in [0.1, 0.15) is 25.7 Å². The molecule has 0 saturated carbocycles. The van der Waals surface area contributed by atoms with Crippen LogP contribution in [0.5, 0.6) is 0 Å². The molecule has 6 heteroatoms. The van der Waals surface area contributed by atoms with Crippen molar-refractivity contribution in [3.8, 4) is 0 Å². The highest BCUT2D eigenvalue weighted by molar-refractivity contribution is 7.10. The Bertz CT molecular complexity index is 306. The van der Waals surface area contributed by atoms with E-state index in [1.165, 1.54) is 24.4 Å². The Morgan fingerprint density at radius 1 is 1.33 bits per heavy atom. The molecule has 0 atom stereocenters. The van der Waals surface area contributed by atoms with E-state index in [9.17, 15) is 4.79 Å². The fourth-order valence-corrected chi connectivity index (χ4v) is 2.09. The van der Waals surface area contributed by atoms with Gasteiger partial charge in [0.25, 0.3) is 0 Å². The van der Waals surface area contributed by atoms with Gasteiger partial charge in [0.05, 0.1) is 6.20 Å². The molecule has 2 amide bonds. The number of urea groups is 1. The molecule has 1 aromatic rings. The van der Waals surface area contributed by atoms with E-state index in [2.05, 4.69) is 14.9 Å². The van der Waals surface area contributed by atoms with Crippen molar-refractivity contribution in [2.75, 3.05) is 18.4 Å². The topological polar surface area (TPSA) is 58.1 Å². The van der Waals surface area contributed by atoms with Crippen LogP contribution in [0.15, 0.2) is 6.20 Å². The predicted molar refractivity (Wildman–Crippen MR) is 59.0 cm³/mol. The number of rotatable bonds is 1. The largest absolute Gasteiger partial charge is 0.325 e. The van der Waals surface area contributed by atoms with Crippen molar-refractivity contribution in [1.82, 2.24) is 14.5 Å². The van der Waals surface area contributed by atoms with Gasteiger partial charge in [-0.3, -0.25) is 5.32 Å². The molecule has 1 fully saturated rings. The number of likely N-dealkylation sites (tertiary alicyclic amines) is 1. The van der Waals surface area contributed by atoms with Gasteiger partial charge in [-0.1, -0.05) is 17.3 Å². The van der Waals surface area contributed by atoms with E-state index in [1.807, 2.05) is 4.90 Å². The average molecular weight is 226 g/mol. The Morgan fingerprint density at radius 2 is 2.07 bits per heavy atom. The van der Waals surface area contributed by atoms with Crippen LogP contribution in [-0.2, 0) is 0 Å². The molecule has 2 rings (SSSR count). The van der Waals surface area contributed by atoms with Gasteiger partial charge in [-0.25, -0.2) is 4.79 Å². The quantitative estimate of drug-likeness (QED) is 0.796. The standard InChI is InChI=1S/C9H14N4OS/c14-9(11-8-7-10-12-15-8)13-5-3-1-2-4-6-13/h7H,1-6H2,(H,11,14). The van der Waals surface area contributed by atoms with E-state index < -0.39 is 0 Å². The molecule has 5 nitrogen and oxygen atoms in total. The molecule has 1 N–H and O–H groups in total. The number of carbonyl (C=O) groups excluding carboxylic acids is 1. The van der Waals surface area contributed by atoms with Crippen LogP contribution < -0.4 is 5.32 Å². The van der Waals surface area contributed by atoms with Crippen LogP contribution in [0.3, 0.4) is 0 Å². The lowest BCUT2D eigenvalue weighted by molar-refractivity contribution is 0.214. The average Bonchev–Trinajstić information content (AvgIpc) is 2.58. The Morgan fingerprint density at radius 3 is 2.67 bits per heavy atom. The number of hydrogen-bond donors (Lipinski definition) is 1. The van der Waals surface area contributed by atoms with Crippen LogP contribution in [0, 0.1) is 0 Å². The van der Waals surface area contributed by atoms with Crippen LogP contribution in [0.2, 0.25) is 0 Å². The zero-order chi connectivity index (χ0) is 10.5. The van der Waals surface area contributed by atoms with Crippen LogP contribution in [0.25, 0.3) is 0 Å². The molecule has 0 radical (unpaired) electrons. The molecule has 15 heavy (non-hydrogen) atoms. The first-order valence-electron chi connectivity index (χ1n) is 5.19. The van der Waals surface area contributed by atoms with E-state index in [0.717, 1.165) is 25.9 Å². The molecule has 0 spiro atoms. The van der Waals surface area contributed by atoms with Crippen molar-refractivity contribution >= 4 is 22.6 Å². The summed E-state index contributed by atoms with van der Waals surface area (Å²) in [6, 6.07) is -0.0250. The molecule has 0 aromatic carbocycles. The van der Waals surface area contributed by atoms with Crippen molar-refractivity contribution in [1.29, 1.82) is 0 Å². The summed E-state index contributed by atoms with van der Waals surface area (Å²) < 4.78 is 3.70. The van der Waals surface area contributed by atoms with Gasteiger partial charge in [0, 0.05) is 24.6 Å². The normalized spacial score (nSPS) is 17.2. The first kappa shape index (κ1) is 10.4. The van der Waals surface area contributed by atoms with Gasteiger partial charge >= 0.3 is 6.03 Å². The molecule has 0 unspecified atom stereocenters. The number of hydrogen-bond acceptors (Lipinski definition) is 4. The van der Waals surface area contributed by atoms with E-state index in [-0.39, 0.29) is 6.03 Å². The second-order valence-electron chi connectivity index (χ2n) is 3.61. The van der Waals surface area contributed by atoms with Gasteiger partial charge in [-0.05, 0) is 12.8 Å². The number of anilines is 1. The Balaban J connectivity index is 1.89. The summed E-state index contributed by atoms with van der Waals surface area (Å²) in [5.41, 5.74) is 0. The summed E-state index contributed by atoms with van der Waals surface area (Å²) in [7, 11) is 0. The maximum Gasteiger partial charge on any atom is 0.322 e. The third-order valence-electron chi connectivity index (χ3n) is 2.48. The molecule has 1 saturated heterocycles. The first-order valence-corrected chi connectivity index (χ1v) is 5.97. The van der Waals surface area contributed by atoms with E-state index in [1.54, 1.807) is 6.20 Å². The highest BCUT2D eigenvalue weighted by Gasteiger charge is 2.15. The summed E-state index contributed by atoms with van der Waals surface area (Å²) in [5.74, 6) is 0. The second-order valence-corrected chi connectivity index (χ2v) is 4.40. The number of carbonyl (C=O) groups is 1. The molecular formula is C9H14N4OS. The van der Waals surface area contributed by atoms with E-state index in [4.69, 9.17) is 0 Å². The summed E-state index contributed by atoms with van der Waals surface area (Å²) in [4.78, 5) is 13.7. The van der Waals surface area contributed by atoms with E-state index in [0.29, 0.717) is 5.00 Å². The number of nitrogens with one attached hydrogen (secondary N) is 1. The molecule has 82 valence electrons. The minimum absolute atomic E-state index is 0.0250. The lowest BCUT2D eigenvalue weighted by Crippen LogP contribution is -2.35. The Hall–Kier alpha value is -1.17. The number of aromatic nitrogens is 2. The number of nitrogens with zero attached hydrogens (tertiary/aromatic N) is 3. The number of amides is 2. The third kappa shape index (κ3) is 2.89. The van der Waals surface area contributed by atoms with Crippen molar-refractivity contribution in [2.45, 2.75) is 25.7 Å². The Labute approximate surface area is 92.6 Å². The zero-order valence-electron chi connectivity index (χ0n) is 8.48. The predicted octanol–water partition coefficient (Wildman–Crippen LogP) is 1.95. The molecule has 0 aliphatic carbocycles. The van der Waals surface area contributed by atoms with Crippen LogP contribution >= 0.6 is 11.5 Å². The van der Waals surface area contributed by atoms with Gasteiger partial charge in [0.15, 0.2) is 0 Å². The van der Waals surface area contributed by atoms with Gasteiger partial charge in [0.2, 0.25) is 0 Å². The molecule has 1 aromatic heterocycles. The van der Waals surface area contributed by atoms with Crippen molar-refractivity contribution in [2.24, 2.45) is 0 Å². The summed E-state index contributed by atoms with van der Waals surface area (Å²) in [6.07, 6.45) is 6.24. The van der Waals surface area contributed by atoms with Crippen LogP contribution in [0.4, 0.5) is 9.80 Å². The summed E-state index contributed by atoms with van der Waals surface area (Å²) in [5, 5.41) is 7.19. The fourth-order valence-electron chi connectivity index (χ4n) is 1.68. The van der Waals surface area contributed by atoms with Crippen molar-refractivity contribution in [3.63, 3.8) is 0 Å². The molecule has 1 aliphatic heterocycles. The maximum absolute atomic E-state index is 11.8. The van der Waals surface area contributed by atoms with Crippen LogP contribution in [-0.4, -0.2) is 33.6 Å². The molecule has 0 bridgehead atoms. The molecule has 1 aliphatic rings. The lowest BCUT2D eigenvalue weighted by Gasteiger charge is -2.19. The first-order chi connectivity index (χ1) is 7.36. The smallest absolute Gasteiger partial charge is 0.322 e. The van der Waals surface area contributed by atoms with Crippen molar-refractivity contribution in [3.05, 3.63) is 6.20 Å². The molecule has 2 heterocycles. The third-order valence-corrected chi connectivity index (χ3v) is 3.06. The van der Waals surface area contributed by atoms with Gasteiger partial charge in [-0.15, -0.1) is 5.10 Å². The Kier molecular flexibility index (Phi) is 3.49. The monoisotopic (exact) mass is 226 g/mol. The van der Waals surface area contributed by atoms with E-state index >= 15 is 0 Å². The zero-order valence-corrected chi connectivity index (χ0v) is 9.29. The maximum atomic E-state index is 11.8. The van der Waals surface area contributed by atoms with Gasteiger partial charge < -0.3 is 4.90 Å². The SMILES string of the molecule is O=C(Nc1cnns1)N1CCCCCC1. The highest BCUT2D eigenvalue weighted by atomic mass is 32.1. The highest BCUT2D eigenvalue weighted by Crippen LogP contribution is 2.13. The lowest BCUT2D eigenvalue weighted by atomic mass is 10.2. The minimum atomic E-state index is -0.0250. The minimum Gasteiger partial charge on any atom is -0.325 e. The molecular weight excluding hydrogens is 212 g/mol. The summed E-state index contributed by atoms with van der Waals surface area (Å²) in [6.45, 7) is 1.72.